The molecular weight excluding hydrogens is 240 g/mol. The Morgan fingerprint density at radius 1 is 1.47 bits per heavy atom. The Morgan fingerprint density at radius 2 is 2.18 bits per heavy atom. The van der Waals surface area contributed by atoms with Crippen molar-refractivity contribution in [1.29, 1.82) is 0 Å². The largest absolute Gasteiger partial charge is 0.480 e. The van der Waals surface area contributed by atoms with Crippen molar-refractivity contribution in [2.45, 2.75) is 12.8 Å². The molecule has 2 N–H and O–H groups in total. The van der Waals surface area contributed by atoms with E-state index in [1.807, 2.05) is 6.26 Å². The third kappa shape index (κ3) is 8.46. The first-order valence-electron chi connectivity index (χ1n) is 5.28. The Labute approximate surface area is 106 Å². The lowest BCUT2D eigenvalue weighted by Crippen LogP contribution is -2.43. The standard InChI is InChI=1S/C11H18N2O3S/c1-3-7-13(9-10(14)15)11(16)12-6-4-5-8-17-2/h1H,4-9H2,2H3,(H,12,16)(H,14,15). The maximum absolute atomic E-state index is 11.6. The van der Waals surface area contributed by atoms with E-state index in [9.17, 15) is 9.59 Å². The molecule has 0 spiro atoms. The predicted octanol–water partition coefficient (Wildman–Crippen LogP) is 0.859. The average Bonchev–Trinajstić information content (AvgIpc) is 2.27. The molecule has 2 amide bonds. The monoisotopic (exact) mass is 258 g/mol. The number of thioether (sulfide) groups is 1. The second-order valence-electron chi connectivity index (χ2n) is 3.39. The van der Waals surface area contributed by atoms with Crippen LogP contribution in [-0.2, 0) is 4.79 Å². The van der Waals surface area contributed by atoms with Gasteiger partial charge in [-0.1, -0.05) is 5.92 Å². The molecule has 6 heteroatoms. The predicted molar refractivity (Wildman–Crippen MR) is 69.1 cm³/mol. The van der Waals surface area contributed by atoms with E-state index in [-0.39, 0.29) is 13.1 Å². The lowest BCUT2D eigenvalue weighted by atomic mass is 10.3. The van der Waals surface area contributed by atoms with Crippen LogP contribution in [0.5, 0.6) is 0 Å². The Bertz CT molecular complexity index is 289. The van der Waals surface area contributed by atoms with Crippen LogP contribution in [-0.4, -0.2) is 53.6 Å². The maximum Gasteiger partial charge on any atom is 0.323 e. The first-order valence-corrected chi connectivity index (χ1v) is 6.68. The summed E-state index contributed by atoms with van der Waals surface area (Å²) in [5, 5.41) is 11.3. The number of carboxylic acid groups (broad SMARTS) is 1. The molecule has 0 aliphatic carbocycles. The smallest absolute Gasteiger partial charge is 0.323 e. The number of amides is 2. The summed E-state index contributed by atoms with van der Waals surface area (Å²) in [4.78, 5) is 23.2. The molecule has 0 aliphatic heterocycles. The zero-order chi connectivity index (χ0) is 13.1. The lowest BCUT2D eigenvalue weighted by molar-refractivity contribution is -0.137. The summed E-state index contributed by atoms with van der Waals surface area (Å²) in [6.45, 7) is 0.171. The Balaban J connectivity index is 3.89. The van der Waals surface area contributed by atoms with Gasteiger partial charge in [-0.15, -0.1) is 6.42 Å². The summed E-state index contributed by atoms with van der Waals surface area (Å²) >= 11 is 1.76. The summed E-state index contributed by atoms with van der Waals surface area (Å²) in [5.41, 5.74) is 0. The molecule has 0 heterocycles. The quantitative estimate of drug-likeness (QED) is 0.500. The van der Waals surface area contributed by atoms with Crippen molar-refractivity contribution in [3.05, 3.63) is 0 Å². The maximum atomic E-state index is 11.6. The minimum atomic E-state index is -1.07. The molecule has 0 saturated carbocycles. The SMILES string of the molecule is C#CCN(CC(=O)O)C(=O)NCCCCSC. The first kappa shape index (κ1) is 15.7. The Morgan fingerprint density at radius 3 is 2.71 bits per heavy atom. The molecule has 17 heavy (non-hydrogen) atoms. The van der Waals surface area contributed by atoms with Crippen molar-refractivity contribution in [1.82, 2.24) is 10.2 Å². The molecule has 0 bridgehead atoms. The van der Waals surface area contributed by atoms with Gasteiger partial charge >= 0.3 is 12.0 Å². The molecule has 0 fully saturated rings. The van der Waals surface area contributed by atoms with Gasteiger partial charge in [0.15, 0.2) is 0 Å². The summed E-state index contributed by atoms with van der Waals surface area (Å²) in [6, 6.07) is -0.422. The highest BCUT2D eigenvalue weighted by molar-refractivity contribution is 7.98. The number of carboxylic acids is 1. The van der Waals surface area contributed by atoms with Crippen LogP contribution >= 0.6 is 11.8 Å². The van der Waals surface area contributed by atoms with E-state index in [1.54, 1.807) is 11.8 Å². The van der Waals surface area contributed by atoms with Gasteiger partial charge in [-0.3, -0.25) is 4.79 Å². The van der Waals surface area contributed by atoms with Crippen LogP contribution in [0.2, 0.25) is 0 Å². The zero-order valence-corrected chi connectivity index (χ0v) is 10.8. The van der Waals surface area contributed by atoms with Gasteiger partial charge in [0.1, 0.15) is 6.54 Å². The molecule has 0 atom stereocenters. The van der Waals surface area contributed by atoms with Crippen LogP contribution in [0.3, 0.4) is 0 Å². The van der Waals surface area contributed by atoms with Gasteiger partial charge in [0.05, 0.1) is 6.54 Å². The molecule has 0 aliphatic rings. The van der Waals surface area contributed by atoms with Gasteiger partial charge < -0.3 is 15.3 Å². The third-order valence-corrected chi connectivity index (χ3v) is 2.64. The summed E-state index contributed by atoms with van der Waals surface area (Å²) in [6.07, 6.45) is 9.00. The topological polar surface area (TPSA) is 69.6 Å². The number of terminal acetylenes is 1. The molecule has 0 aromatic rings. The fourth-order valence-corrected chi connectivity index (χ4v) is 1.64. The Kier molecular flexibility index (Phi) is 9.06. The van der Waals surface area contributed by atoms with E-state index in [4.69, 9.17) is 11.5 Å². The first-order chi connectivity index (χ1) is 8.11. The third-order valence-electron chi connectivity index (χ3n) is 1.95. The van der Waals surface area contributed by atoms with Gasteiger partial charge in [0, 0.05) is 6.54 Å². The number of rotatable bonds is 8. The number of nitrogens with one attached hydrogen (secondary N) is 1. The van der Waals surface area contributed by atoms with Crippen molar-refractivity contribution in [3.63, 3.8) is 0 Å². The van der Waals surface area contributed by atoms with E-state index in [1.165, 1.54) is 0 Å². The van der Waals surface area contributed by atoms with E-state index in [0.717, 1.165) is 23.5 Å². The minimum Gasteiger partial charge on any atom is -0.480 e. The minimum absolute atomic E-state index is 0.00292. The molecule has 0 rings (SSSR count). The molecule has 5 nitrogen and oxygen atoms in total. The molecule has 0 saturated heterocycles. The summed E-state index contributed by atoms with van der Waals surface area (Å²) in [7, 11) is 0. The van der Waals surface area contributed by atoms with Crippen LogP contribution in [0.1, 0.15) is 12.8 Å². The van der Waals surface area contributed by atoms with Crippen LogP contribution < -0.4 is 5.32 Å². The number of unbranched alkanes of at least 4 members (excludes halogenated alkanes) is 1. The van der Waals surface area contributed by atoms with Crippen molar-refractivity contribution in [2.24, 2.45) is 0 Å². The van der Waals surface area contributed by atoms with Gasteiger partial charge in [-0.05, 0) is 24.9 Å². The highest BCUT2D eigenvalue weighted by Crippen LogP contribution is 1.98. The van der Waals surface area contributed by atoms with Crippen LogP contribution in [0.25, 0.3) is 0 Å². The van der Waals surface area contributed by atoms with E-state index in [2.05, 4.69) is 11.2 Å². The fraction of sp³-hybridized carbons (Fsp3) is 0.636. The number of urea groups is 1. The van der Waals surface area contributed by atoms with Crippen molar-refractivity contribution in [2.75, 3.05) is 31.6 Å². The van der Waals surface area contributed by atoms with Crippen molar-refractivity contribution < 1.29 is 14.7 Å². The van der Waals surface area contributed by atoms with Crippen LogP contribution in [0.4, 0.5) is 4.79 Å². The molecular formula is C11H18N2O3S. The normalized spacial score (nSPS) is 9.41. The fourth-order valence-electron chi connectivity index (χ4n) is 1.15. The second-order valence-corrected chi connectivity index (χ2v) is 4.37. The van der Waals surface area contributed by atoms with E-state index >= 15 is 0 Å². The number of carbonyl (C=O) groups is 2. The van der Waals surface area contributed by atoms with Gasteiger partial charge in [-0.25, -0.2) is 4.79 Å². The molecule has 0 unspecified atom stereocenters. The number of carbonyl (C=O) groups excluding carboxylic acids is 1. The van der Waals surface area contributed by atoms with E-state index in [0.29, 0.717) is 6.54 Å². The summed E-state index contributed by atoms with van der Waals surface area (Å²) < 4.78 is 0. The second kappa shape index (κ2) is 9.85. The number of nitrogens with zero attached hydrogens (tertiary/aromatic N) is 1. The molecule has 96 valence electrons. The van der Waals surface area contributed by atoms with Gasteiger partial charge in [0.2, 0.25) is 0 Å². The molecule has 0 radical (unpaired) electrons. The van der Waals surface area contributed by atoms with Gasteiger partial charge in [-0.2, -0.15) is 11.8 Å². The Hall–Kier alpha value is -1.35. The summed E-state index contributed by atoms with van der Waals surface area (Å²) in [5.74, 6) is 2.25. The highest BCUT2D eigenvalue weighted by Gasteiger charge is 2.14. The van der Waals surface area contributed by atoms with Crippen LogP contribution in [0, 0.1) is 12.3 Å². The van der Waals surface area contributed by atoms with Gasteiger partial charge in [0.25, 0.3) is 0 Å². The van der Waals surface area contributed by atoms with Crippen LogP contribution in [0.15, 0.2) is 0 Å². The molecule has 0 aromatic heterocycles. The van der Waals surface area contributed by atoms with Crippen molar-refractivity contribution >= 4 is 23.8 Å². The van der Waals surface area contributed by atoms with Crippen molar-refractivity contribution in [3.8, 4) is 12.3 Å². The lowest BCUT2D eigenvalue weighted by Gasteiger charge is -2.18. The molecule has 0 aromatic carbocycles. The van der Waals surface area contributed by atoms with E-state index < -0.39 is 12.0 Å². The number of aliphatic carboxylic acids is 1. The zero-order valence-electron chi connectivity index (χ0n) is 9.94. The average molecular weight is 258 g/mol. The number of hydrogen-bond acceptors (Lipinski definition) is 3. The number of hydrogen-bond donors (Lipinski definition) is 2. The highest BCUT2D eigenvalue weighted by atomic mass is 32.2.